The van der Waals surface area contributed by atoms with E-state index in [0.29, 0.717) is 17.1 Å². The highest BCUT2D eigenvalue weighted by Gasteiger charge is 2.33. The SMILES string of the molecule is CCNC(=O)[C@@H](Cc1ccccc1)N(Cc1ccc(Cl)cc1Cl)C(=O)CN(c1cccc(F)c1)S(C)(=O)=O. The molecule has 0 saturated carbocycles. The van der Waals surface area contributed by atoms with E-state index in [2.05, 4.69) is 5.32 Å². The molecule has 0 aliphatic rings. The van der Waals surface area contributed by atoms with Gasteiger partial charge in [0.05, 0.1) is 11.9 Å². The monoisotopic (exact) mass is 579 g/mol. The molecule has 3 aromatic rings. The van der Waals surface area contributed by atoms with E-state index in [4.69, 9.17) is 23.2 Å². The number of nitrogens with one attached hydrogen (secondary N) is 1. The van der Waals surface area contributed by atoms with Crippen LogP contribution in [-0.4, -0.2) is 50.5 Å². The summed E-state index contributed by atoms with van der Waals surface area (Å²) in [5.41, 5.74) is 1.31. The molecular weight excluding hydrogens is 552 g/mol. The summed E-state index contributed by atoms with van der Waals surface area (Å²) in [4.78, 5) is 28.4. The van der Waals surface area contributed by atoms with Crippen molar-refractivity contribution in [2.24, 2.45) is 0 Å². The Morgan fingerprint density at radius 3 is 2.32 bits per heavy atom. The van der Waals surface area contributed by atoms with Crippen molar-refractivity contribution in [2.45, 2.75) is 25.9 Å². The third kappa shape index (κ3) is 7.93. The van der Waals surface area contributed by atoms with Crippen LogP contribution in [0.25, 0.3) is 0 Å². The van der Waals surface area contributed by atoms with Crippen LogP contribution in [0.15, 0.2) is 72.8 Å². The number of likely N-dealkylation sites (N-methyl/N-ethyl adjacent to an activating group) is 1. The predicted octanol–water partition coefficient (Wildman–Crippen LogP) is 4.67. The molecule has 0 fully saturated rings. The number of carbonyl (C=O) groups excluding carboxylic acids is 2. The number of nitrogens with zero attached hydrogens (tertiary/aromatic N) is 2. The summed E-state index contributed by atoms with van der Waals surface area (Å²) in [5.74, 6) is -1.73. The fraction of sp³-hybridized carbons (Fsp3) is 0.259. The van der Waals surface area contributed by atoms with Crippen LogP contribution in [0.5, 0.6) is 0 Å². The minimum absolute atomic E-state index is 0.0112. The van der Waals surface area contributed by atoms with Gasteiger partial charge in [-0.15, -0.1) is 0 Å². The zero-order valence-electron chi connectivity index (χ0n) is 20.9. The molecule has 1 N–H and O–H groups in total. The van der Waals surface area contributed by atoms with Gasteiger partial charge in [0.15, 0.2) is 0 Å². The lowest BCUT2D eigenvalue weighted by Crippen LogP contribution is -2.53. The standard InChI is InChI=1S/C27H28Cl2FN3O4S/c1-3-31-27(35)25(14-19-8-5-4-6-9-19)32(17-20-12-13-21(28)15-24(20)29)26(34)18-33(38(2,36)37)23-11-7-10-22(30)16-23/h4-13,15-16,25H,3,14,17-18H2,1-2H3,(H,31,35)/t25-/m1/s1. The van der Waals surface area contributed by atoms with Gasteiger partial charge in [-0.1, -0.05) is 65.7 Å². The summed E-state index contributed by atoms with van der Waals surface area (Å²) < 4.78 is 40.1. The number of halogens is 3. The minimum Gasteiger partial charge on any atom is -0.355 e. The highest BCUT2D eigenvalue weighted by Crippen LogP contribution is 2.25. The Labute approximate surface area is 232 Å². The number of amides is 2. The molecule has 11 heteroatoms. The Kier molecular flexibility index (Phi) is 10.1. The van der Waals surface area contributed by atoms with Crippen molar-refractivity contribution in [1.82, 2.24) is 10.2 Å². The van der Waals surface area contributed by atoms with Gasteiger partial charge in [0.25, 0.3) is 0 Å². The second-order valence-corrected chi connectivity index (χ2v) is 11.4. The van der Waals surface area contributed by atoms with Gasteiger partial charge in [-0.25, -0.2) is 12.8 Å². The van der Waals surface area contributed by atoms with Gasteiger partial charge in [-0.05, 0) is 48.4 Å². The largest absolute Gasteiger partial charge is 0.355 e. The van der Waals surface area contributed by atoms with E-state index in [1.807, 2.05) is 30.3 Å². The number of benzene rings is 3. The van der Waals surface area contributed by atoms with Crippen LogP contribution in [0.3, 0.4) is 0 Å². The molecule has 0 aliphatic carbocycles. The Hall–Kier alpha value is -3.14. The number of carbonyl (C=O) groups is 2. The fourth-order valence-electron chi connectivity index (χ4n) is 3.92. The normalized spacial score (nSPS) is 12.0. The van der Waals surface area contributed by atoms with Crippen molar-refractivity contribution < 1.29 is 22.4 Å². The summed E-state index contributed by atoms with van der Waals surface area (Å²) in [5, 5.41) is 3.45. The van der Waals surface area contributed by atoms with Crippen LogP contribution in [-0.2, 0) is 32.6 Å². The molecule has 0 radical (unpaired) electrons. The van der Waals surface area contributed by atoms with Crippen LogP contribution in [0.2, 0.25) is 10.0 Å². The van der Waals surface area contributed by atoms with Gasteiger partial charge in [-0.2, -0.15) is 0 Å². The van der Waals surface area contributed by atoms with E-state index >= 15 is 0 Å². The molecule has 0 heterocycles. The highest BCUT2D eigenvalue weighted by atomic mass is 35.5. The summed E-state index contributed by atoms with van der Waals surface area (Å²) in [7, 11) is -3.99. The second-order valence-electron chi connectivity index (χ2n) is 8.61. The van der Waals surface area contributed by atoms with Gasteiger partial charge in [-0.3, -0.25) is 13.9 Å². The lowest BCUT2D eigenvalue weighted by Gasteiger charge is -2.33. The zero-order valence-corrected chi connectivity index (χ0v) is 23.2. The first-order chi connectivity index (χ1) is 18.0. The number of sulfonamides is 1. The van der Waals surface area contributed by atoms with Gasteiger partial charge in [0.2, 0.25) is 21.8 Å². The summed E-state index contributed by atoms with van der Waals surface area (Å²) in [6.07, 6.45) is 1.10. The third-order valence-corrected chi connectivity index (χ3v) is 7.48. The molecule has 1 atom stereocenters. The van der Waals surface area contributed by atoms with Gasteiger partial charge in [0.1, 0.15) is 18.4 Å². The van der Waals surface area contributed by atoms with Crippen molar-refractivity contribution in [3.8, 4) is 0 Å². The Morgan fingerprint density at radius 1 is 1.00 bits per heavy atom. The predicted molar refractivity (Wildman–Crippen MR) is 148 cm³/mol. The second kappa shape index (κ2) is 13.1. The maximum absolute atomic E-state index is 13.9. The molecule has 38 heavy (non-hydrogen) atoms. The Balaban J connectivity index is 2.07. The fourth-order valence-corrected chi connectivity index (χ4v) is 5.23. The van der Waals surface area contributed by atoms with E-state index in [9.17, 15) is 22.4 Å². The van der Waals surface area contributed by atoms with E-state index < -0.39 is 40.2 Å². The minimum atomic E-state index is -3.99. The first kappa shape index (κ1) is 29.4. The first-order valence-electron chi connectivity index (χ1n) is 11.8. The topological polar surface area (TPSA) is 86.8 Å². The molecule has 0 saturated heterocycles. The Morgan fingerprint density at radius 2 is 1.71 bits per heavy atom. The zero-order chi connectivity index (χ0) is 27.9. The molecule has 2 amide bonds. The molecule has 3 aromatic carbocycles. The molecule has 3 rings (SSSR count). The molecule has 0 bridgehead atoms. The van der Waals surface area contributed by atoms with Crippen LogP contribution < -0.4 is 9.62 Å². The Bertz CT molecular complexity index is 1390. The van der Waals surface area contributed by atoms with Gasteiger partial charge in [0, 0.05) is 29.6 Å². The smallest absolute Gasteiger partial charge is 0.244 e. The molecule has 0 aliphatic heterocycles. The summed E-state index contributed by atoms with van der Waals surface area (Å²) in [6.45, 7) is 1.34. The number of hydrogen-bond acceptors (Lipinski definition) is 4. The van der Waals surface area contributed by atoms with Crippen LogP contribution in [0.4, 0.5) is 10.1 Å². The highest BCUT2D eigenvalue weighted by molar-refractivity contribution is 7.92. The maximum Gasteiger partial charge on any atom is 0.244 e. The molecule has 0 aromatic heterocycles. The molecular formula is C27H28Cl2FN3O4S. The van der Waals surface area contributed by atoms with Crippen molar-refractivity contribution in [2.75, 3.05) is 23.7 Å². The molecule has 0 spiro atoms. The number of anilines is 1. The maximum atomic E-state index is 13.9. The van der Waals surface area contributed by atoms with Gasteiger partial charge >= 0.3 is 0 Å². The first-order valence-corrected chi connectivity index (χ1v) is 14.4. The van der Waals surface area contributed by atoms with E-state index in [0.717, 1.165) is 22.2 Å². The van der Waals surface area contributed by atoms with E-state index in [1.54, 1.807) is 19.1 Å². The van der Waals surface area contributed by atoms with Crippen LogP contribution in [0, 0.1) is 5.82 Å². The van der Waals surface area contributed by atoms with Crippen molar-refractivity contribution in [3.05, 3.63) is 99.8 Å². The molecule has 7 nitrogen and oxygen atoms in total. The van der Waals surface area contributed by atoms with E-state index in [1.165, 1.54) is 29.2 Å². The lowest BCUT2D eigenvalue weighted by atomic mass is 10.0. The number of hydrogen-bond donors (Lipinski definition) is 1. The number of rotatable bonds is 11. The molecule has 202 valence electrons. The lowest BCUT2D eigenvalue weighted by molar-refractivity contribution is -0.140. The summed E-state index contributed by atoms with van der Waals surface area (Å²) >= 11 is 12.4. The average Bonchev–Trinajstić information content (AvgIpc) is 2.85. The van der Waals surface area contributed by atoms with Crippen molar-refractivity contribution in [1.29, 1.82) is 0 Å². The van der Waals surface area contributed by atoms with Crippen LogP contribution in [0.1, 0.15) is 18.1 Å². The van der Waals surface area contributed by atoms with Crippen molar-refractivity contribution in [3.63, 3.8) is 0 Å². The van der Waals surface area contributed by atoms with Gasteiger partial charge < -0.3 is 10.2 Å². The van der Waals surface area contributed by atoms with E-state index in [-0.39, 0.29) is 23.7 Å². The summed E-state index contributed by atoms with van der Waals surface area (Å²) in [6, 6.07) is 17.9. The average molecular weight is 581 g/mol. The molecule has 0 unspecified atom stereocenters. The quantitative estimate of drug-likeness (QED) is 0.357. The van der Waals surface area contributed by atoms with Crippen LogP contribution >= 0.6 is 23.2 Å². The van der Waals surface area contributed by atoms with Crippen molar-refractivity contribution >= 4 is 50.7 Å². The third-order valence-electron chi connectivity index (χ3n) is 5.75.